The molecule has 0 amide bonds. The molecule has 0 saturated carbocycles. The van der Waals surface area contributed by atoms with Crippen molar-refractivity contribution in [3.63, 3.8) is 0 Å². The molecule has 0 aromatic carbocycles. The van der Waals surface area contributed by atoms with E-state index in [2.05, 4.69) is 0 Å². The van der Waals surface area contributed by atoms with Gasteiger partial charge in [-0.15, -0.1) is 0 Å². The quantitative estimate of drug-likeness (QED) is 0.581. The molecule has 0 unspecified atom stereocenters. The first-order valence-corrected chi connectivity index (χ1v) is 4.15. The highest BCUT2D eigenvalue weighted by atomic mass is 16.6. The second-order valence-electron chi connectivity index (χ2n) is 3.15. The summed E-state index contributed by atoms with van der Waals surface area (Å²) >= 11 is 0. The lowest BCUT2D eigenvalue weighted by atomic mass is 10.1. The standard InChI is InChI=1S/C8H14O4/c1-9-7-5-3-11-4-6(12-5)8(7)10-2/h5-8H,3-4H2,1-2H3/t5-,6+,7-,8-/m1/s1. The topological polar surface area (TPSA) is 36.9 Å². The van der Waals surface area contributed by atoms with Crippen molar-refractivity contribution in [1.82, 2.24) is 0 Å². The van der Waals surface area contributed by atoms with Crippen molar-refractivity contribution in [2.24, 2.45) is 0 Å². The number of hydrogen-bond acceptors (Lipinski definition) is 4. The van der Waals surface area contributed by atoms with Crippen molar-refractivity contribution in [2.45, 2.75) is 24.4 Å². The molecule has 2 fully saturated rings. The molecular formula is C8H14O4. The third kappa shape index (κ3) is 1.15. The van der Waals surface area contributed by atoms with E-state index < -0.39 is 0 Å². The maximum Gasteiger partial charge on any atom is 0.114 e. The van der Waals surface area contributed by atoms with E-state index in [1.165, 1.54) is 0 Å². The number of ether oxygens (including phenoxy) is 4. The average Bonchev–Trinajstić information content (AvgIpc) is 2.36. The van der Waals surface area contributed by atoms with Crippen LogP contribution in [-0.2, 0) is 18.9 Å². The Labute approximate surface area is 71.7 Å². The van der Waals surface area contributed by atoms with Crippen molar-refractivity contribution in [1.29, 1.82) is 0 Å². The van der Waals surface area contributed by atoms with Crippen molar-refractivity contribution in [3.05, 3.63) is 0 Å². The molecular weight excluding hydrogens is 160 g/mol. The normalized spacial score (nSPS) is 46.5. The van der Waals surface area contributed by atoms with Gasteiger partial charge in [0.05, 0.1) is 13.2 Å². The lowest BCUT2D eigenvalue weighted by Crippen LogP contribution is -2.35. The molecule has 2 saturated heterocycles. The summed E-state index contributed by atoms with van der Waals surface area (Å²) < 4.78 is 21.6. The molecule has 4 heteroatoms. The van der Waals surface area contributed by atoms with Gasteiger partial charge >= 0.3 is 0 Å². The lowest BCUT2D eigenvalue weighted by Gasteiger charge is -2.20. The lowest BCUT2D eigenvalue weighted by molar-refractivity contribution is -0.120. The van der Waals surface area contributed by atoms with E-state index in [1.54, 1.807) is 14.2 Å². The summed E-state index contributed by atoms with van der Waals surface area (Å²) in [6, 6.07) is 0. The van der Waals surface area contributed by atoms with Crippen LogP contribution < -0.4 is 0 Å². The Balaban J connectivity index is 2.10. The van der Waals surface area contributed by atoms with Crippen LogP contribution in [0.5, 0.6) is 0 Å². The maximum absolute atomic E-state index is 5.63. The summed E-state index contributed by atoms with van der Waals surface area (Å²) in [5.41, 5.74) is 0. The zero-order valence-corrected chi connectivity index (χ0v) is 7.36. The van der Waals surface area contributed by atoms with E-state index in [0.29, 0.717) is 13.2 Å². The molecule has 70 valence electrons. The summed E-state index contributed by atoms with van der Waals surface area (Å²) in [4.78, 5) is 0. The van der Waals surface area contributed by atoms with Crippen LogP contribution in [0.2, 0.25) is 0 Å². The molecule has 0 aromatic heterocycles. The largest absolute Gasteiger partial charge is 0.376 e. The highest BCUT2D eigenvalue weighted by Crippen LogP contribution is 2.29. The van der Waals surface area contributed by atoms with Gasteiger partial charge in [-0.2, -0.15) is 0 Å². The third-order valence-corrected chi connectivity index (χ3v) is 2.51. The van der Waals surface area contributed by atoms with Gasteiger partial charge in [0.2, 0.25) is 0 Å². The third-order valence-electron chi connectivity index (χ3n) is 2.51. The molecule has 0 N–H and O–H groups in total. The van der Waals surface area contributed by atoms with Crippen LogP contribution in [0.3, 0.4) is 0 Å². The van der Waals surface area contributed by atoms with E-state index in [-0.39, 0.29) is 24.4 Å². The van der Waals surface area contributed by atoms with Crippen LogP contribution in [-0.4, -0.2) is 51.8 Å². The van der Waals surface area contributed by atoms with E-state index >= 15 is 0 Å². The SMILES string of the molecule is CO[C@H]1[C@H](OC)[C@H]2COC[C@@H]1O2. The second kappa shape index (κ2) is 3.30. The van der Waals surface area contributed by atoms with Gasteiger partial charge < -0.3 is 18.9 Å². The maximum atomic E-state index is 5.63. The summed E-state index contributed by atoms with van der Waals surface area (Å²) in [6.45, 7) is 1.24. The van der Waals surface area contributed by atoms with Crippen LogP contribution in [0, 0.1) is 0 Å². The summed E-state index contributed by atoms with van der Waals surface area (Å²) in [7, 11) is 3.36. The Morgan fingerprint density at radius 3 is 1.92 bits per heavy atom. The Morgan fingerprint density at radius 1 is 1.00 bits per heavy atom. The average molecular weight is 174 g/mol. The van der Waals surface area contributed by atoms with Crippen LogP contribution in [0.1, 0.15) is 0 Å². The highest BCUT2D eigenvalue weighted by Gasteiger charge is 2.47. The van der Waals surface area contributed by atoms with Gasteiger partial charge in [-0.1, -0.05) is 0 Å². The molecule has 2 rings (SSSR count). The fourth-order valence-corrected chi connectivity index (χ4v) is 1.94. The predicted octanol–water partition coefficient (Wildman–Crippen LogP) is -0.186. The van der Waals surface area contributed by atoms with Gasteiger partial charge in [0.15, 0.2) is 0 Å². The number of hydrogen-bond donors (Lipinski definition) is 0. The molecule has 2 aliphatic heterocycles. The van der Waals surface area contributed by atoms with Gasteiger partial charge in [-0.25, -0.2) is 0 Å². The molecule has 0 aliphatic carbocycles. The van der Waals surface area contributed by atoms with E-state index in [1.807, 2.05) is 0 Å². The molecule has 2 aliphatic rings. The van der Waals surface area contributed by atoms with E-state index in [4.69, 9.17) is 18.9 Å². The zero-order valence-electron chi connectivity index (χ0n) is 7.36. The van der Waals surface area contributed by atoms with Gasteiger partial charge in [0.1, 0.15) is 24.4 Å². The van der Waals surface area contributed by atoms with E-state index in [9.17, 15) is 0 Å². The highest BCUT2D eigenvalue weighted by molar-refractivity contribution is 4.95. The van der Waals surface area contributed by atoms with Crippen molar-refractivity contribution in [3.8, 4) is 0 Å². The second-order valence-corrected chi connectivity index (χ2v) is 3.15. The fourth-order valence-electron chi connectivity index (χ4n) is 1.94. The zero-order chi connectivity index (χ0) is 8.55. The molecule has 0 radical (unpaired) electrons. The van der Waals surface area contributed by atoms with Crippen LogP contribution >= 0.6 is 0 Å². The Kier molecular flexibility index (Phi) is 2.32. The first-order valence-electron chi connectivity index (χ1n) is 4.15. The fraction of sp³-hybridized carbons (Fsp3) is 1.00. The number of fused-ring (bicyclic) bond motifs is 2. The molecule has 2 bridgehead atoms. The van der Waals surface area contributed by atoms with Gasteiger partial charge in [-0.05, 0) is 0 Å². The molecule has 4 atom stereocenters. The van der Waals surface area contributed by atoms with Crippen LogP contribution in [0.4, 0.5) is 0 Å². The molecule has 0 spiro atoms. The van der Waals surface area contributed by atoms with Crippen LogP contribution in [0.25, 0.3) is 0 Å². The minimum atomic E-state index is 0.0301. The Morgan fingerprint density at radius 2 is 1.50 bits per heavy atom. The Hall–Kier alpha value is -0.160. The van der Waals surface area contributed by atoms with Gasteiger partial charge in [-0.3, -0.25) is 0 Å². The summed E-state index contributed by atoms with van der Waals surface area (Å²) in [6.07, 6.45) is 0.169. The van der Waals surface area contributed by atoms with Crippen molar-refractivity contribution in [2.75, 3.05) is 27.4 Å². The van der Waals surface area contributed by atoms with Crippen molar-refractivity contribution < 1.29 is 18.9 Å². The summed E-state index contributed by atoms with van der Waals surface area (Å²) in [5, 5.41) is 0. The smallest absolute Gasteiger partial charge is 0.114 e. The van der Waals surface area contributed by atoms with Crippen molar-refractivity contribution >= 4 is 0 Å². The number of methoxy groups -OCH3 is 2. The first kappa shape index (κ1) is 8.44. The Bertz CT molecular complexity index is 145. The molecule has 4 nitrogen and oxygen atoms in total. The molecule has 12 heavy (non-hydrogen) atoms. The molecule has 2 heterocycles. The minimum absolute atomic E-state index is 0.0301. The number of rotatable bonds is 2. The van der Waals surface area contributed by atoms with E-state index in [0.717, 1.165) is 0 Å². The van der Waals surface area contributed by atoms with Gasteiger partial charge in [0, 0.05) is 14.2 Å². The minimum Gasteiger partial charge on any atom is -0.376 e. The molecule has 0 aromatic rings. The first-order chi connectivity index (χ1) is 5.86. The summed E-state index contributed by atoms with van der Waals surface area (Å²) in [5.74, 6) is 0. The van der Waals surface area contributed by atoms with Crippen LogP contribution in [0.15, 0.2) is 0 Å². The van der Waals surface area contributed by atoms with Gasteiger partial charge in [0.25, 0.3) is 0 Å². The predicted molar refractivity (Wildman–Crippen MR) is 41.1 cm³/mol. The monoisotopic (exact) mass is 174 g/mol.